The number of ether oxygens (including phenoxy) is 1. The van der Waals surface area contributed by atoms with Crippen molar-refractivity contribution in [1.82, 2.24) is 0 Å². The van der Waals surface area contributed by atoms with Gasteiger partial charge in [0, 0.05) is 6.42 Å². The first-order chi connectivity index (χ1) is 20.6. The monoisotopic (exact) mass is 584 g/mol. The van der Waals surface area contributed by atoms with Crippen molar-refractivity contribution in [2.75, 3.05) is 0 Å². The van der Waals surface area contributed by atoms with E-state index >= 15 is 0 Å². The first-order valence-electron chi connectivity index (χ1n) is 17.3. The van der Waals surface area contributed by atoms with Gasteiger partial charge in [0.25, 0.3) is 0 Å². The molecule has 0 aromatic heterocycles. The predicted molar refractivity (Wildman–Crippen MR) is 181 cm³/mol. The van der Waals surface area contributed by atoms with E-state index in [2.05, 4.69) is 74.6 Å². The Bertz CT molecular complexity index is 759. The molecule has 0 saturated heterocycles. The molecule has 0 saturated carbocycles. The molecule has 1 atom stereocenters. The van der Waals surface area contributed by atoms with Crippen molar-refractivity contribution in [2.45, 2.75) is 168 Å². The zero-order chi connectivity index (χ0) is 30.8. The van der Waals surface area contributed by atoms with E-state index in [1.807, 2.05) is 0 Å². The Hall–Kier alpha value is -2.36. The first kappa shape index (κ1) is 39.6. The van der Waals surface area contributed by atoms with Crippen LogP contribution in [0.5, 0.6) is 0 Å². The minimum Gasteiger partial charge on any atom is -0.479 e. The lowest BCUT2D eigenvalue weighted by molar-refractivity contribution is -0.164. The molecule has 4 heteroatoms. The number of unbranched alkanes of at least 4 members (excludes halogenated alkanes) is 14. The van der Waals surface area contributed by atoms with E-state index in [1.54, 1.807) is 0 Å². The van der Waals surface area contributed by atoms with E-state index in [0.29, 0.717) is 12.8 Å². The van der Waals surface area contributed by atoms with E-state index in [1.165, 1.54) is 57.8 Å². The minimum absolute atomic E-state index is 0.299. The lowest BCUT2D eigenvalue weighted by atomic mass is 10.0. The summed E-state index contributed by atoms with van der Waals surface area (Å²) in [4.78, 5) is 23.7. The van der Waals surface area contributed by atoms with Crippen molar-refractivity contribution in [3.63, 3.8) is 0 Å². The van der Waals surface area contributed by atoms with Crippen molar-refractivity contribution < 1.29 is 19.4 Å². The van der Waals surface area contributed by atoms with Gasteiger partial charge in [-0.3, -0.25) is 4.79 Å². The molecule has 0 amide bonds. The normalized spacial score (nSPS) is 13.0. The number of hydrogen-bond acceptors (Lipinski definition) is 3. The Morgan fingerprint density at radius 1 is 0.548 bits per heavy atom. The van der Waals surface area contributed by atoms with Crippen molar-refractivity contribution in [3.8, 4) is 0 Å². The Morgan fingerprint density at radius 3 is 1.45 bits per heavy atom. The highest BCUT2D eigenvalue weighted by atomic mass is 16.6. The summed E-state index contributed by atoms with van der Waals surface area (Å²) in [6.45, 7) is 4.40. The van der Waals surface area contributed by atoms with Crippen LogP contribution in [0.3, 0.4) is 0 Å². The molecule has 0 aliphatic heterocycles. The summed E-state index contributed by atoms with van der Waals surface area (Å²) >= 11 is 0. The first-order valence-corrected chi connectivity index (χ1v) is 17.3. The number of carbonyl (C=O) groups is 2. The van der Waals surface area contributed by atoms with Crippen LogP contribution in [0.1, 0.15) is 162 Å². The second-order valence-electron chi connectivity index (χ2n) is 11.3. The van der Waals surface area contributed by atoms with E-state index in [4.69, 9.17) is 4.74 Å². The zero-order valence-electron chi connectivity index (χ0n) is 27.3. The smallest absolute Gasteiger partial charge is 0.345 e. The summed E-state index contributed by atoms with van der Waals surface area (Å²) in [5, 5.41) is 9.44. The largest absolute Gasteiger partial charge is 0.479 e. The second kappa shape index (κ2) is 33.1. The fourth-order valence-electron chi connectivity index (χ4n) is 4.70. The van der Waals surface area contributed by atoms with Gasteiger partial charge in [-0.15, -0.1) is 0 Å². The summed E-state index contributed by atoms with van der Waals surface area (Å²) in [6, 6.07) is 0. The number of rotatable bonds is 30. The van der Waals surface area contributed by atoms with Gasteiger partial charge in [0.05, 0.1) is 0 Å². The number of carbonyl (C=O) groups excluding carboxylic acids is 1. The summed E-state index contributed by atoms with van der Waals surface area (Å²) in [5.41, 5.74) is 0. The molecule has 4 nitrogen and oxygen atoms in total. The van der Waals surface area contributed by atoms with Crippen LogP contribution < -0.4 is 0 Å². The van der Waals surface area contributed by atoms with Gasteiger partial charge in [-0.1, -0.05) is 152 Å². The molecule has 0 heterocycles. The maximum atomic E-state index is 12.1. The molecular weight excluding hydrogens is 520 g/mol. The fraction of sp³-hybridized carbons (Fsp3) is 0.684. The third-order valence-corrected chi connectivity index (χ3v) is 7.28. The average Bonchev–Trinajstić information content (AvgIpc) is 2.98. The molecular formula is C38H64O4. The standard InChI is InChI=1S/C38H64O4/c1-3-5-7-9-11-13-15-17-18-19-20-21-22-23-25-27-29-31-33-35-37(39)42-36(38(40)41)34-32-30-28-26-24-16-14-12-10-8-6-4-2/h5,7,11,13,17-18,20-21,23,25,36H,3-4,6,8-10,12,14-16,19,22,24,26-35H2,1-2H3,(H,40,41)/b7-5-,13-11-,18-17-,21-20-,25-23-. The van der Waals surface area contributed by atoms with Crippen molar-refractivity contribution in [1.29, 1.82) is 0 Å². The van der Waals surface area contributed by atoms with E-state index in [0.717, 1.165) is 77.0 Å². The van der Waals surface area contributed by atoms with Crippen LogP contribution in [0.15, 0.2) is 60.8 Å². The van der Waals surface area contributed by atoms with Gasteiger partial charge < -0.3 is 9.84 Å². The Morgan fingerprint density at radius 2 is 0.976 bits per heavy atom. The van der Waals surface area contributed by atoms with Crippen LogP contribution in [0, 0.1) is 0 Å². The highest BCUT2D eigenvalue weighted by Crippen LogP contribution is 2.15. The molecule has 1 unspecified atom stereocenters. The number of aliphatic carboxylic acids is 1. The summed E-state index contributed by atoms with van der Waals surface area (Å²) < 4.78 is 5.28. The van der Waals surface area contributed by atoms with Gasteiger partial charge in [0.2, 0.25) is 0 Å². The molecule has 42 heavy (non-hydrogen) atoms. The molecule has 0 aliphatic carbocycles. The van der Waals surface area contributed by atoms with Gasteiger partial charge in [-0.05, 0) is 64.2 Å². The summed E-state index contributed by atoms with van der Waals surface area (Å²) in [5.74, 6) is -1.40. The molecule has 0 bridgehead atoms. The second-order valence-corrected chi connectivity index (χ2v) is 11.3. The predicted octanol–water partition coefficient (Wildman–Crippen LogP) is 11.8. The number of carboxylic acids is 1. The van der Waals surface area contributed by atoms with Crippen LogP contribution in [0.2, 0.25) is 0 Å². The Balaban J connectivity index is 3.70. The van der Waals surface area contributed by atoms with Crippen LogP contribution in [0.4, 0.5) is 0 Å². The number of hydrogen-bond donors (Lipinski definition) is 1. The maximum Gasteiger partial charge on any atom is 0.345 e. The Kier molecular flexibility index (Phi) is 31.3. The SMILES string of the molecule is CC/C=C\C/C=C\C/C=C\C/C=C\C/C=C\CCCCCC(=O)OC(CCCCCCCCCCCCCC)C(=O)O. The van der Waals surface area contributed by atoms with E-state index in [9.17, 15) is 14.7 Å². The molecule has 0 rings (SSSR count). The lowest BCUT2D eigenvalue weighted by Crippen LogP contribution is -2.27. The molecule has 0 spiro atoms. The fourth-order valence-corrected chi connectivity index (χ4v) is 4.70. The highest BCUT2D eigenvalue weighted by Gasteiger charge is 2.21. The zero-order valence-corrected chi connectivity index (χ0v) is 27.3. The molecule has 0 radical (unpaired) electrons. The van der Waals surface area contributed by atoms with Gasteiger partial charge in [0.15, 0.2) is 6.10 Å². The third kappa shape index (κ3) is 30.6. The van der Waals surface area contributed by atoms with Crippen LogP contribution in [0.25, 0.3) is 0 Å². The minimum atomic E-state index is -1.02. The summed E-state index contributed by atoms with van der Waals surface area (Å²) in [6.07, 6.45) is 45.3. The van der Waals surface area contributed by atoms with E-state index < -0.39 is 12.1 Å². The highest BCUT2D eigenvalue weighted by molar-refractivity contribution is 5.77. The molecule has 0 fully saturated rings. The topological polar surface area (TPSA) is 63.6 Å². The molecule has 240 valence electrons. The van der Waals surface area contributed by atoms with Gasteiger partial charge >= 0.3 is 11.9 Å². The molecule has 0 aromatic carbocycles. The van der Waals surface area contributed by atoms with Gasteiger partial charge in [-0.2, -0.15) is 0 Å². The van der Waals surface area contributed by atoms with Crippen LogP contribution in [-0.4, -0.2) is 23.1 Å². The van der Waals surface area contributed by atoms with Gasteiger partial charge in [-0.25, -0.2) is 4.79 Å². The maximum absolute atomic E-state index is 12.1. The molecule has 0 aliphatic rings. The number of carboxylic acid groups (broad SMARTS) is 1. The quantitative estimate of drug-likeness (QED) is 0.0518. The third-order valence-electron chi connectivity index (χ3n) is 7.28. The van der Waals surface area contributed by atoms with Crippen molar-refractivity contribution in [2.24, 2.45) is 0 Å². The number of esters is 1. The van der Waals surface area contributed by atoms with Crippen molar-refractivity contribution in [3.05, 3.63) is 60.8 Å². The Labute approximate surface area is 259 Å². The average molecular weight is 585 g/mol. The number of allylic oxidation sites excluding steroid dienone is 10. The van der Waals surface area contributed by atoms with E-state index in [-0.39, 0.29) is 5.97 Å². The van der Waals surface area contributed by atoms with Crippen LogP contribution >= 0.6 is 0 Å². The molecule has 1 N–H and O–H groups in total. The van der Waals surface area contributed by atoms with Crippen molar-refractivity contribution >= 4 is 11.9 Å². The van der Waals surface area contributed by atoms with Crippen LogP contribution in [-0.2, 0) is 14.3 Å². The lowest BCUT2D eigenvalue weighted by Gasteiger charge is -2.13. The molecule has 0 aromatic rings. The summed E-state index contributed by atoms with van der Waals surface area (Å²) in [7, 11) is 0. The van der Waals surface area contributed by atoms with Gasteiger partial charge in [0.1, 0.15) is 0 Å².